The number of rotatable bonds is 5. The lowest BCUT2D eigenvalue weighted by Gasteiger charge is -2.32. The number of nitrogens with zero attached hydrogens (tertiary/aromatic N) is 2. The number of nitrogens with one attached hydrogen (secondary N) is 1. The molecule has 0 aliphatic carbocycles. The Labute approximate surface area is 156 Å². The number of benzene rings is 1. The largest absolute Gasteiger partial charge is 0.488 e. The predicted molar refractivity (Wildman–Crippen MR) is 103 cm³/mol. The quantitative estimate of drug-likeness (QED) is 0.698. The van der Waals surface area contributed by atoms with E-state index >= 15 is 0 Å². The summed E-state index contributed by atoms with van der Waals surface area (Å²) in [4.78, 5) is 23.0. The summed E-state index contributed by atoms with van der Waals surface area (Å²) in [7, 11) is 0. The fourth-order valence-electron chi connectivity index (χ4n) is 3.27. The lowest BCUT2D eigenvalue weighted by Crippen LogP contribution is -2.45. The highest BCUT2D eigenvalue weighted by Crippen LogP contribution is 2.28. The first-order valence-corrected chi connectivity index (χ1v) is 9.81. The van der Waals surface area contributed by atoms with Gasteiger partial charge in [0.1, 0.15) is 11.9 Å². The van der Waals surface area contributed by atoms with Gasteiger partial charge in [-0.2, -0.15) is 0 Å². The third-order valence-corrected chi connectivity index (χ3v) is 5.63. The van der Waals surface area contributed by atoms with E-state index in [4.69, 9.17) is 4.74 Å². The number of fused-ring (bicyclic) bond motifs is 1. The number of hydrogen-bond donors (Lipinski definition) is 1. The normalized spacial score (nSPS) is 17.4. The summed E-state index contributed by atoms with van der Waals surface area (Å²) in [6.45, 7) is 1.46. The molecular weight excluding hydrogens is 346 g/mol. The molecule has 1 aliphatic heterocycles. The van der Waals surface area contributed by atoms with Gasteiger partial charge < -0.3 is 14.6 Å². The van der Waals surface area contributed by atoms with Gasteiger partial charge in [-0.05, 0) is 31.0 Å². The molecule has 2 aromatic heterocycles. The van der Waals surface area contributed by atoms with Crippen LogP contribution in [0.3, 0.4) is 0 Å². The van der Waals surface area contributed by atoms with Crippen molar-refractivity contribution in [2.24, 2.45) is 0 Å². The Kier molecular flexibility index (Phi) is 5.11. The highest BCUT2D eigenvalue weighted by atomic mass is 32.2. The molecule has 4 rings (SSSR count). The van der Waals surface area contributed by atoms with E-state index in [1.54, 1.807) is 24.2 Å². The number of amides is 1. The van der Waals surface area contributed by atoms with Gasteiger partial charge in [0, 0.05) is 40.9 Å². The van der Waals surface area contributed by atoms with Crippen molar-refractivity contribution in [1.29, 1.82) is 0 Å². The van der Waals surface area contributed by atoms with Crippen molar-refractivity contribution in [3.05, 3.63) is 55.0 Å². The van der Waals surface area contributed by atoms with E-state index in [2.05, 4.69) is 16.0 Å². The lowest BCUT2D eigenvalue weighted by molar-refractivity contribution is -0.130. The predicted octanol–water partition coefficient (Wildman–Crippen LogP) is 3.73. The second kappa shape index (κ2) is 7.83. The number of hydrogen-bond acceptors (Lipinski definition) is 4. The Balaban J connectivity index is 1.34. The third kappa shape index (κ3) is 3.85. The molecule has 0 radical (unpaired) electrons. The monoisotopic (exact) mass is 367 g/mol. The standard InChI is InChI=1S/C20H21N3O2S/c24-20(14-26-19-12-22-18-6-2-1-5-17(18)19)23-11-3-4-16(13-23)25-15-7-9-21-10-8-15/h1-2,5-10,12,16,22H,3-4,11,13-14H2. The van der Waals surface area contributed by atoms with Gasteiger partial charge in [-0.1, -0.05) is 18.2 Å². The zero-order chi connectivity index (χ0) is 17.8. The van der Waals surface area contributed by atoms with Crippen LogP contribution in [0.25, 0.3) is 10.9 Å². The maximum Gasteiger partial charge on any atom is 0.233 e. The van der Waals surface area contributed by atoms with Crippen LogP contribution in [0, 0.1) is 0 Å². The van der Waals surface area contributed by atoms with Gasteiger partial charge in [-0.25, -0.2) is 0 Å². The van der Waals surface area contributed by atoms with Crippen LogP contribution in [0.5, 0.6) is 5.75 Å². The summed E-state index contributed by atoms with van der Waals surface area (Å²) in [6.07, 6.45) is 7.42. The van der Waals surface area contributed by atoms with Crippen molar-refractivity contribution >= 4 is 28.6 Å². The zero-order valence-electron chi connectivity index (χ0n) is 14.4. The van der Waals surface area contributed by atoms with Crippen molar-refractivity contribution in [3.63, 3.8) is 0 Å². The van der Waals surface area contributed by atoms with Gasteiger partial charge in [-0.15, -0.1) is 11.8 Å². The molecular formula is C20H21N3O2S. The molecule has 1 amide bonds. The fraction of sp³-hybridized carbons (Fsp3) is 0.300. The minimum atomic E-state index is 0.0492. The number of aromatic amines is 1. The van der Waals surface area contributed by atoms with Crippen molar-refractivity contribution in [2.75, 3.05) is 18.8 Å². The number of para-hydroxylation sites is 1. The summed E-state index contributed by atoms with van der Waals surface area (Å²) in [6, 6.07) is 11.9. The van der Waals surface area contributed by atoms with Crippen molar-refractivity contribution in [2.45, 2.75) is 23.8 Å². The highest BCUT2D eigenvalue weighted by Gasteiger charge is 2.25. The molecule has 0 bridgehead atoms. The molecule has 0 saturated carbocycles. The Morgan fingerprint density at radius 1 is 1.27 bits per heavy atom. The third-order valence-electron chi connectivity index (χ3n) is 4.59. The average molecular weight is 367 g/mol. The number of carbonyl (C=O) groups is 1. The first kappa shape index (κ1) is 17.0. The topological polar surface area (TPSA) is 58.2 Å². The number of carbonyl (C=O) groups excluding carboxylic acids is 1. The minimum absolute atomic E-state index is 0.0492. The van der Waals surface area contributed by atoms with E-state index in [-0.39, 0.29) is 12.0 Å². The molecule has 1 aliphatic rings. The Hall–Kier alpha value is -2.47. The van der Waals surface area contributed by atoms with Gasteiger partial charge in [-0.3, -0.25) is 9.78 Å². The lowest BCUT2D eigenvalue weighted by atomic mass is 10.1. The Morgan fingerprint density at radius 3 is 3.00 bits per heavy atom. The number of pyridine rings is 1. The van der Waals surface area contributed by atoms with Crippen molar-refractivity contribution in [1.82, 2.24) is 14.9 Å². The van der Waals surface area contributed by atoms with Crippen LogP contribution in [0.2, 0.25) is 0 Å². The molecule has 5 nitrogen and oxygen atoms in total. The number of piperidine rings is 1. The van der Waals surface area contributed by atoms with E-state index in [1.165, 1.54) is 5.39 Å². The minimum Gasteiger partial charge on any atom is -0.488 e. The van der Waals surface area contributed by atoms with Gasteiger partial charge >= 0.3 is 0 Å². The van der Waals surface area contributed by atoms with E-state index in [0.29, 0.717) is 12.3 Å². The van der Waals surface area contributed by atoms with E-state index in [1.807, 2.05) is 41.4 Å². The van der Waals surface area contributed by atoms with Gasteiger partial charge in [0.2, 0.25) is 5.91 Å². The van der Waals surface area contributed by atoms with Crippen LogP contribution in [-0.2, 0) is 4.79 Å². The Morgan fingerprint density at radius 2 is 2.12 bits per heavy atom. The maximum absolute atomic E-state index is 12.7. The molecule has 6 heteroatoms. The summed E-state index contributed by atoms with van der Waals surface area (Å²) in [5.41, 5.74) is 1.10. The van der Waals surface area contributed by atoms with Gasteiger partial charge in [0.15, 0.2) is 0 Å². The summed E-state index contributed by atoms with van der Waals surface area (Å²) < 4.78 is 6.00. The number of ether oxygens (including phenoxy) is 1. The van der Waals surface area contributed by atoms with E-state index < -0.39 is 0 Å². The first-order valence-electron chi connectivity index (χ1n) is 8.83. The molecule has 1 fully saturated rings. The van der Waals surface area contributed by atoms with Gasteiger partial charge in [0.05, 0.1) is 12.3 Å². The maximum atomic E-state index is 12.7. The fourth-order valence-corrected chi connectivity index (χ4v) is 4.20. The highest BCUT2D eigenvalue weighted by molar-refractivity contribution is 8.00. The molecule has 1 N–H and O–H groups in total. The van der Waals surface area contributed by atoms with Crippen LogP contribution in [0.15, 0.2) is 59.9 Å². The SMILES string of the molecule is O=C(CSc1c[nH]c2ccccc12)N1CCCC(Oc2ccncc2)C1. The van der Waals surface area contributed by atoms with E-state index in [0.717, 1.165) is 35.5 Å². The molecule has 1 unspecified atom stereocenters. The second-order valence-corrected chi connectivity index (χ2v) is 7.41. The number of aromatic nitrogens is 2. The van der Waals surface area contributed by atoms with Crippen LogP contribution in [-0.4, -0.2) is 45.7 Å². The molecule has 3 heterocycles. The average Bonchev–Trinajstić information content (AvgIpc) is 3.10. The summed E-state index contributed by atoms with van der Waals surface area (Å²) in [5, 5.41) is 1.17. The molecule has 1 saturated heterocycles. The Bertz CT molecular complexity index is 881. The molecule has 1 aromatic carbocycles. The van der Waals surface area contributed by atoms with Crippen molar-refractivity contribution in [3.8, 4) is 5.75 Å². The summed E-state index contributed by atoms with van der Waals surface area (Å²) >= 11 is 1.59. The number of likely N-dealkylation sites (tertiary alicyclic amines) is 1. The van der Waals surface area contributed by atoms with Crippen LogP contribution in [0.4, 0.5) is 0 Å². The summed E-state index contributed by atoms with van der Waals surface area (Å²) in [5.74, 6) is 1.43. The van der Waals surface area contributed by atoms with Gasteiger partial charge in [0.25, 0.3) is 0 Å². The van der Waals surface area contributed by atoms with Crippen molar-refractivity contribution < 1.29 is 9.53 Å². The molecule has 26 heavy (non-hydrogen) atoms. The van der Waals surface area contributed by atoms with Crippen LogP contribution < -0.4 is 4.74 Å². The first-order chi connectivity index (χ1) is 12.8. The molecule has 3 aromatic rings. The second-order valence-electron chi connectivity index (χ2n) is 6.39. The number of thioether (sulfide) groups is 1. The zero-order valence-corrected chi connectivity index (χ0v) is 15.2. The van der Waals surface area contributed by atoms with E-state index in [9.17, 15) is 4.79 Å². The molecule has 1 atom stereocenters. The van der Waals surface area contributed by atoms with Crippen LogP contribution in [0.1, 0.15) is 12.8 Å². The number of H-pyrrole nitrogens is 1. The smallest absolute Gasteiger partial charge is 0.233 e. The van der Waals surface area contributed by atoms with Crippen LogP contribution >= 0.6 is 11.8 Å². The molecule has 0 spiro atoms. The molecule has 134 valence electrons.